The Morgan fingerprint density at radius 2 is 1.86 bits per heavy atom. The van der Waals surface area contributed by atoms with Gasteiger partial charge in [0.2, 0.25) is 0 Å². The topological polar surface area (TPSA) is 54.9 Å². The van der Waals surface area contributed by atoms with Gasteiger partial charge >= 0.3 is 0 Å². The van der Waals surface area contributed by atoms with E-state index in [9.17, 15) is 0 Å². The average Bonchev–Trinajstić information content (AvgIpc) is 2.73. The molecule has 3 aromatic rings. The highest BCUT2D eigenvalue weighted by Gasteiger charge is 2.10. The van der Waals surface area contributed by atoms with Crippen LogP contribution in [-0.4, -0.2) is 18.4 Å². The lowest BCUT2D eigenvalue weighted by Gasteiger charge is -2.13. The predicted molar refractivity (Wildman–Crippen MR) is 122 cm³/mol. The summed E-state index contributed by atoms with van der Waals surface area (Å²) in [5.41, 5.74) is 5.39. The van der Waals surface area contributed by atoms with Crippen LogP contribution < -0.4 is 20.2 Å². The van der Waals surface area contributed by atoms with Crippen molar-refractivity contribution in [2.24, 2.45) is 5.10 Å². The Labute approximate surface area is 180 Å². The Kier molecular flexibility index (Phi) is 7.44. The van der Waals surface area contributed by atoms with Gasteiger partial charge in [-0.1, -0.05) is 48.0 Å². The lowest BCUT2D eigenvalue weighted by atomic mass is 10.2. The summed E-state index contributed by atoms with van der Waals surface area (Å²) in [6.07, 6.45) is 1.63. The molecule has 3 aromatic carbocycles. The third-order valence-corrected chi connectivity index (χ3v) is 4.33. The van der Waals surface area contributed by atoms with E-state index in [1.54, 1.807) is 13.3 Å². The smallest absolute Gasteiger partial charge is 0.191 e. The number of methoxy groups -OCH3 is 1. The first-order valence-electron chi connectivity index (χ1n) is 8.85. The molecule has 7 heteroatoms. The minimum absolute atomic E-state index is 0.350. The number of halogens is 1. The number of para-hydroxylation sites is 2. The zero-order valence-electron chi connectivity index (χ0n) is 15.8. The second kappa shape index (κ2) is 10.5. The standard InChI is InChI=1S/C22H20ClN3O2S/c1-27-20-12-6-8-17(21(20)28-15-16-7-5-9-18(23)13-16)14-24-26-22(29)25-19-10-3-2-4-11-19/h2-14H,15H2,1H3,(H2,25,26,29). The van der Waals surface area contributed by atoms with Crippen molar-refractivity contribution in [3.8, 4) is 11.5 Å². The number of rotatable bonds is 7. The first-order chi connectivity index (χ1) is 14.2. The molecule has 0 aliphatic rings. The SMILES string of the molecule is COc1cccc(C=NNC(=S)Nc2ccccc2)c1OCc1cccc(Cl)c1. The van der Waals surface area contributed by atoms with Gasteiger partial charge < -0.3 is 14.8 Å². The highest BCUT2D eigenvalue weighted by molar-refractivity contribution is 7.80. The molecule has 0 saturated heterocycles. The molecule has 0 radical (unpaired) electrons. The molecule has 3 rings (SSSR count). The van der Waals surface area contributed by atoms with Gasteiger partial charge in [-0.15, -0.1) is 0 Å². The van der Waals surface area contributed by atoms with Gasteiger partial charge in [-0.25, -0.2) is 0 Å². The van der Waals surface area contributed by atoms with Crippen LogP contribution in [0.2, 0.25) is 5.02 Å². The monoisotopic (exact) mass is 425 g/mol. The summed E-state index contributed by atoms with van der Waals surface area (Å²) < 4.78 is 11.4. The fraction of sp³-hybridized carbons (Fsp3) is 0.0909. The molecule has 0 spiro atoms. The molecule has 2 N–H and O–H groups in total. The van der Waals surface area contributed by atoms with Crippen molar-refractivity contribution in [2.45, 2.75) is 6.61 Å². The van der Waals surface area contributed by atoms with Crippen LogP contribution in [0, 0.1) is 0 Å². The fourth-order valence-corrected chi connectivity index (χ4v) is 2.96. The number of nitrogens with one attached hydrogen (secondary N) is 2. The number of ether oxygens (including phenoxy) is 2. The van der Waals surface area contributed by atoms with E-state index in [2.05, 4.69) is 15.8 Å². The van der Waals surface area contributed by atoms with Crippen LogP contribution in [0.5, 0.6) is 11.5 Å². The van der Waals surface area contributed by atoms with Crippen LogP contribution >= 0.6 is 23.8 Å². The average molecular weight is 426 g/mol. The lowest BCUT2D eigenvalue weighted by Crippen LogP contribution is -2.23. The Bertz CT molecular complexity index is 996. The number of anilines is 1. The molecule has 0 atom stereocenters. The summed E-state index contributed by atoms with van der Waals surface area (Å²) in [6.45, 7) is 0.350. The first-order valence-corrected chi connectivity index (χ1v) is 9.63. The summed E-state index contributed by atoms with van der Waals surface area (Å²) in [5, 5.41) is 8.31. The van der Waals surface area contributed by atoms with E-state index >= 15 is 0 Å². The summed E-state index contributed by atoms with van der Waals surface area (Å²) in [5.74, 6) is 1.20. The molecule has 5 nitrogen and oxygen atoms in total. The summed E-state index contributed by atoms with van der Waals surface area (Å²) in [7, 11) is 1.60. The molecule has 0 bridgehead atoms. The predicted octanol–water partition coefficient (Wildman–Crippen LogP) is 5.25. The first kappa shape index (κ1) is 20.6. The van der Waals surface area contributed by atoms with Crippen LogP contribution in [0.1, 0.15) is 11.1 Å². The van der Waals surface area contributed by atoms with Crippen LogP contribution in [0.25, 0.3) is 0 Å². The highest BCUT2D eigenvalue weighted by atomic mass is 35.5. The summed E-state index contributed by atoms with van der Waals surface area (Å²) >= 11 is 11.3. The van der Waals surface area contributed by atoms with Gasteiger partial charge in [0, 0.05) is 16.3 Å². The molecule has 0 heterocycles. The van der Waals surface area contributed by atoms with Crippen molar-refractivity contribution in [3.05, 3.63) is 88.9 Å². The largest absolute Gasteiger partial charge is 0.493 e. The maximum atomic E-state index is 6.04. The Morgan fingerprint density at radius 3 is 2.62 bits per heavy atom. The number of nitrogens with zero attached hydrogens (tertiary/aromatic N) is 1. The maximum Gasteiger partial charge on any atom is 0.191 e. The molecule has 29 heavy (non-hydrogen) atoms. The van der Waals surface area contributed by atoms with Crippen molar-refractivity contribution in [1.29, 1.82) is 0 Å². The van der Waals surface area contributed by atoms with E-state index in [4.69, 9.17) is 33.3 Å². The van der Waals surface area contributed by atoms with Gasteiger partial charge in [0.25, 0.3) is 0 Å². The van der Waals surface area contributed by atoms with Crippen molar-refractivity contribution in [2.75, 3.05) is 12.4 Å². The molecule has 0 fully saturated rings. The fourth-order valence-electron chi connectivity index (χ4n) is 2.57. The molecule has 0 aliphatic heterocycles. The normalized spacial score (nSPS) is 10.6. The van der Waals surface area contributed by atoms with Gasteiger partial charge in [-0.2, -0.15) is 5.10 Å². The van der Waals surface area contributed by atoms with Gasteiger partial charge in [0.05, 0.1) is 13.3 Å². The number of hydrogen-bond acceptors (Lipinski definition) is 4. The van der Waals surface area contributed by atoms with E-state index in [-0.39, 0.29) is 0 Å². The Hall–Kier alpha value is -3.09. The van der Waals surface area contributed by atoms with Crippen molar-refractivity contribution in [3.63, 3.8) is 0 Å². The van der Waals surface area contributed by atoms with Crippen molar-refractivity contribution < 1.29 is 9.47 Å². The van der Waals surface area contributed by atoms with Gasteiger partial charge in [-0.3, -0.25) is 5.43 Å². The van der Waals surface area contributed by atoms with Gasteiger partial charge in [0.1, 0.15) is 6.61 Å². The number of hydrogen-bond donors (Lipinski definition) is 2. The Morgan fingerprint density at radius 1 is 1.07 bits per heavy atom. The molecular weight excluding hydrogens is 406 g/mol. The molecule has 0 aromatic heterocycles. The minimum Gasteiger partial charge on any atom is -0.493 e. The molecule has 0 unspecified atom stereocenters. The van der Waals surface area contributed by atoms with Crippen molar-refractivity contribution >= 4 is 40.8 Å². The van der Waals surface area contributed by atoms with Crippen LogP contribution in [-0.2, 0) is 6.61 Å². The van der Waals surface area contributed by atoms with E-state index in [0.29, 0.717) is 28.2 Å². The lowest BCUT2D eigenvalue weighted by molar-refractivity contribution is 0.284. The zero-order valence-corrected chi connectivity index (χ0v) is 17.3. The van der Waals surface area contributed by atoms with Crippen LogP contribution in [0.4, 0.5) is 5.69 Å². The highest BCUT2D eigenvalue weighted by Crippen LogP contribution is 2.31. The third kappa shape index (κ3) is 6.20. The number of benzene rings is 3. The molecule has 0 amide bonds. The van der Waals surface area contributed by atoms with Crippen molar-refractivity contribution in [1.82, 2.24) is 5.43 Å². The van der Waals surface area contributed by atoms with Crippen LogP contribution in [0.3, 0.4) is 0 Å². The second-order valence-electron chi connectivity index (χ2n) is 5.99. The van der Waals surface area contributed by atoms with Gasteiger partial charge in [0.15, 0.2) is 16.6 Å². The van der Waals surface area contributed by atoms with E-state index in [0.717, 1.165) is 16.8 Å². The minimum atomic E-state index is 0.350. The molecule has 0 aliphatic carbocycles. The van der Waals surface area contributed by atoms with E-state index in [1.165, 1.54) is 0 Å². The maximum absolute atomic E-state index is 6.04. The number of thiocarbonyl (C=S) groups is 1. The molecular formula is C22H20ClN3O2S. The van der Waals surface area contributed by atoms with E-state index in [1.807, 2.05) is 72.8 Å². The van der Waals surface area contributed by atoms with Gasteiger partial charge in [-0.05, 0) is 54.2 Å². The summed E-state index contributed by atoms with van der Waals surface area (Å²) in [4.78, 5) is 0. The molecule has 148 valence electrons. The summed E-state index contributed by atoms with van der Waals surface area (Å²) in [6, 6.07) is 22.7. The van der Waals surface area contributed by atoms with E-state index < -0.39 is 0 Å². The second-order valence-corrected chi connectivity index (χ2v) is 6.83. The quantitative estimate of drug-likeness (QED) is 0.307. The molecule has 0 saturated carbocycles. The third-order valence-electron chi connectivity index (χ3n) is 3.90. The Balaban J connectivity index is 1.68. The zero-order chi connectivity index (χ0) is 20.5. The number of hydrazone groups is 1. The van der Waals surface area contributed by atoms with Crippen LogP contribution in [0.15, 0.2) is 77.9 Å².